The average molecular weight is 466 g/mol. The van der Waals surface area contributed by atoms with Gasteiger partial charge in [0, 0.05) is 17.0 Å². The van der Waals surface area contributed by atoms with Crippen molar-refractivity contribution in [2.75, 3.05) is 23.0 Å². The molecule has 0 unspecified atom stereocenters. The number of nitrogens with two attached hydrogens (primary N) is 1. The highest BCUT2D eigenvalue weighted by atomic mass is 19.1. The molecule has 3 heterocycles. The number of amides is 2. The zero-order valence-electron chi connectivity index (χ0n) is 18.5. The Morgan fingerprint density at radius 3 is 2.79 bits per heavy atom. The number of hydrogen-bond donors (Lipinski definition) is 4. The first kappa shape index (κ1) is 21.8. The molecule has 0 bridgehead atoms. The molecular weight excluding hydrogens is 443 g/mol. The summed E-state index contributed by atoms with van der Waals surface area (Å²) in [5, 5.41) is 23.4. The number of hydrogen-bond acceptors (Lipinski definition) is 8. The maximum atomic E-state index is 14.9. The summed E-state index contributed by atoms with van der Waals surface area (Å²) < 4.78 is 21.8. The number of nitrogen functional groups attached to an aromatic ring is 1. The standard InChI is InChI=1S/C22H23FN8O3/c1-22(2,9-32)15-8-16(34-30-15)28-21(33)27-14-6-3-11(7-13(14)23)18-17-19(24)25-10-26-20(17)31(29-18)12-4-5-12/h3,6-8,10,12,32H,4-5,9H2,1-2H3,(H2,24,25,26)(H2,27,28,33). The summed E-state index contributed by atoms with van der Waals surface area (Å²) in [4.78, 5) is 20.7. The molecule has 2 amide bonds. The molecule has 1 aliphatic carbocycles. The van der Waals surface area contributed by atoms with Crippen LogP contribution in [0.1, 0.15) is 38.4 Å². The van der Waals surface area contributed by atoms with E-state index in [0.717, 1.165) is 12.8 Å². The van der Waals surface area contributed by atoms with Gasteiger partial charge in [0.2, 0.25) is 5.88 Å². The fourth-order valence-electron chi connectivity index (χ4n) is 3.53. The van der Waals surface area contributed by atoms with Crippen molar-refractivity contribution in [2.45, 2.75) is 38.1 Å². The molecule has 34 heavy (non-hydrogen) atoms. The summed E-state index contributed by atoms with van der Waals surface area (Å²) in [6.07, 6.45) is 3.38. The third-order valence-corrected chi connectivity index (χ3v) is 5.74. The molecule has 0 saturated heterocycles. The van der Waals surface area contributed by atoms with Gasteiger partial charge in [-0.2, -0.15) is 5.10 Å². The molecule has 12 heteroatoms. The number of fused-ring (bicyclic) bond motifs is 1. The van der Waals surface area contributed by atoms with E-state index < -0.39 is 17.3 Å². The largest absolute Gasteiger partial charge is 0.395 e. The quantitative estimate of drug-likeness (QED) is 0.336. The van der Waals surface area contributed by atoms with Crippen LogP contribution in [0, 0.1) is 5.82 Å². The number of nitrogens with zero attached hydrogens (tertiary/aromatic N) is 5. The SMILES string of the molecule is CC(C)(CO)c1cc(NC(=O)Nc2ccc(-c3nn(C4CC4)c4ncnc(N)c34)cc2F)on1. The van der Waals surface area contributed by atoms with E-state index in [-0.39, 0.29) is 30.0 Å². The molecule has 0 radical (unpaired) electrons. The number of halogens is 1. The number of carbonyl (C=O) groups is 1. The van der Waals surface area contributed by atoms with Crippen LogP contribution in [0.3, 0.4) is 0 Å². The van der Waals surface area contributed by atoms with E-state index in [1.54, 1.807) is 19.9 Å². The molecular formula is C22H23FN8O3. The van der Waals surface area contributed by atoms with Gasteiger partial charge >= 0.3 is 6.03 Å². The molecule has 3 aromatic heterocycles. The van der Waals surface area contributed by atoms with Crippen molar-refractivity contribution in [3.63, 3.8) is 0 Å². The number of aliphatic hydroxyl groups is 1. The number of aromatic nitrogens is 5. The Morgan fingerprint density at radius 2 is 2.09 bits per heavy atom. The predicted molar refractivity (Wildman–Crippen MR) is 123 cm³/mol. The first-order valence-corrected chi connectivity index (χ1v) is 10.7. The Kier molecular flexibility index (Phi) is 5.16. The van der Waals surface area contributed by atoms with Crippen LogP contribution in [0.4, 0.5) is 26.6 Å². The van der Waals surface area contributed by atoms with E-state index in [2.05, 4.69) is 30.9 Å². The highest BCUT2D eigenvalue weighted by Crippen LogP contribution is 2.40. The van der Waals surface area contributed by atoms with Gasteiger partial charge in [-0.3, -0.25) is 5.32 Å². The lowest BCUT2D eigenvalue weighted by Crippen LogP contribution is -2.22. The van der Waals surface area contributed by atoms with Gasteiger partial charge in [0.25, 0.3) is 0 Å². The lowest BCUT2D eigenvalue weighted by atomic mass is 9.91. The maximum Gasteiger partial charge on any atom is 0.326 e. The third-order valence-electron chi connectivity index (χ3n) is 5.74. The number of anilines is 3. The highest BCUT2D eigenvalue weighted by Gasteiger charge is 2.29. The summed E-state index contributed by atoms with van der Waals surface area (Å²) >= 11 is 0. The van der Waals surface area contributed by atoms with Crippen LogP contribution in [0.25, 0.3) is 22.3 Å². The van der Waals surface area contributed by atoms with Crippen LogP contribution in [0.5, 0.6) is 0 Å². The van der Waals surface area contributed by atoms with Crippen molar-refractivity contribution in [1.29, 1.82) is 0 Å². The van der Waals surface area contributed by atoms with Gasteiger partial charge in [-0.05, 0) is 25.0 Å². The molecule has 0 aliphatic heterocycles. The fourth-order valence-corrected chi connectivity index (χ4v) is 3.53. The second-order valence-corrected chi connectivity index (χ2v) is 8.87. The first-order chi connectivity index (χ1) is 16.3. The number of aliphatic hydroxyl groups excluding tert-OH is 1. The topological polar surface area (TPSA) is 157 Å². The third kappa shape index (κ3) is 3.92. The molecule has 11 nitrogen and oxygen atoms in total. The van der Waals surface area contributed by atoms with Gasteiger partial charge in [-0.15, -0.1) is 0 Å². The molecule has 5 rings (SSSR count). The lowest BCUT2D eigenvalue weighted by Gasteiger charge is -2.16. The van der Waals surface area contributed by atoms with Gasteiger partial charge in [0.15, 0.2) is 5.65 Å². The molecule has 0 spiro atoms. The molecule has 176 valence electrons. The molecule has 4 aromatic rings. The zero-order valence-corrected chi connectivity index (χ0v) is 18.5. The van der Waals surface area contributed by atoms with Crippen molar-refractivity contribution in [2.24, 2.45) is 0 Å². The number of nitrogens with one attached hydrogen (secondary N) is 2. The van der Waals surface area contributed by atoms with E-state index in [1.165, 1.54) is 24.5 Å². The van der Waals surface area contributed by atoms with Crippen molar-refractivity contribution in [1.82, 2.24) is 24.9 Å². The van der Waals surface area contributed by atoms with Crippen molar-refractivity contribution in [3.05, 3.63) is 42.1 Å². The average Bonchev–Trinajstić information content (AvgIpc) is 3.40. The van der Waals surface area contributed by atoms with E-state index in [0.29, 0.717) is 28.0 Å². The van der Waals surface area contributed by atoms with Crippen molar-refractivity contribution < 1.29 is 18.8 Å². The van der Waals surface area contributed by atoms with Crippen LogP contribution >= 0.6 is 0 Å². The fraction of sp³-hybridized carbons (Fsp3) is 0.318. The van der Waals surface area contributed by atoms with E-state index in [4.69, 9.17) is 10.3 Å². The minimum Gasteiger partial charge on any atom is -0.395 e. The predicted octanol–water partition coefficient (Wildman–Crippen LogP) is 3.45. The van der Waals surface area contributed by atoms with Gasteiger partial charge in [0.1, 0.15) is 23.7 Å². The van der Waals surface area contributed by atoms with E-state index in [1.807, 2.05) is 4.68 Å². The van der Waals surface area contributed by atoms with E-state index >= 15 is 0 Å². The Morgan fingerprint density at radius 1 is 1.29 bits per heavy atom. The van der Waals surface area contributed by atoms with Gasteiger partial charge in [0.05, 0.1) is 29.4 Å². The molecule has 1 aliphatic rings. The normalized spacial score (nSPS) is 13.9. The Labute approximate surface area is 193 Å². The number of urea groups is 1. The first-order valence-electron chi connectivity index (χ1n) is 10.7. The van der Waals surface area contributed by atoms with Crippen LogP contribution in [0.2, 0.25) is 0 Å². The smallest absolute Gasteiger partial charge is 0.326 e. The lowest BCUT2D eigenvalue weighted by molar-refractivity contribution is 0.210. The molecule has 1 aromatic carbocycles. The van der Waals surface area contributed by atoms with Crippen LogP contribution in [0.15, 0.2) is 35.1 Å². The summed E-state index contributed by atoms with van der Waals surface area (Å²) in [5.74, 6) is -0.319. The van der Waals surface area contributed by atoms with Gasteiger partial charge < -0.3 is 20.7 Å². The minimum absolute atomic E-state index is 0.0353. The van der Waals surface area contributed by atoms with Crippen molar-refractivity contribution >= 4 is 34.5 Å². The van der Waals surface area contributed by atoms with Crippen LogP contribution < -0.4 is 16.4 Å². The maximum absolute atomic E-state index is 14.9. The Hall–Kier alpha value is -4.06. The minimum atomic E-state index is -0.711. The second kappa shape index (κ2) is 8.06. The van der Waals surface area contributed by atoms with E-state index in [9.17, 15) is 14.3 Å². The number of carbonyl (C=O) groups excluding carboxylic acids is 1. The van der Waals surface area contributed by atoms with Gasteiger partial charge in [-0.1, -0.05) is 25.1 Å². The molecule has 1 fully saturated rings. The molecule has 5 N–H and O–H groups in total. The second-order valence-electron chi connectivity index (χ2n) is 8.87. The zero-order chi connectivity index (χ0) is 24.0. The van der Waals surface area contributed by atoms with Gasteiger partial charge in [-0.25, -0.2) is 23.8 Å². The summed E-state index contributed by atoms with van der Waals surface area (Å²) in [6.45, 7) is 3.42. The number of benzene rings is 1. The molecule has 0 atom stereocenters. The summed E-state index contributed by atoms with van der Waals surface area (Å²) in [7, 11) is 0. The summed E-state index contributed by atoms with van der Waals surface area (Å²) in [6, 6.07) is 5.39. The Bertz CT molecular complexity index is 1390. The molecule has 1 saturated carbocycles. The highest BCUT2D eigenvalue weighted by molar-refractivity contribution is 6.00. The number of rotatable bonds is 6. The van der Waals surface area contributed by atoms with Crippen LogP contribution in [-0.2, 0) is 5.41 Å². The monoisotopic (exact) mass is 466 g/mol. The summed E-state index contributed by atoms with van der Waals surface area (Å²) in [5.41, 5.74) is 7.47. The van der Waals surface area contributed by atoms with Crippen LogP contribution in [-0.4, -0.2) is 42.6 Å². The van der Waals surface area contributed by atoms with Crippen molar-refractivity contribution in [3.8, 4) is 11.3 Å². The Balaban J connectivity index is 1.36.